The molecule has 0 saturated heterocycles. The number of halogens is 1. The van der Waals surface area contributed by atoms with Gasteiger partial charge in [0.25, 0.3) is 5.91 Å². The minimum Gasteiger partial charge on any atom is -0.484 e. The minimum atomic E-state index is -0.0662. The second kappa shape index (κ2) is 7.66. The molecule has 2 rings (SSSR count). The predicted octanol–water partition coefficient (Wildman–Crippen LogP) is 2.79. The molecule has 5 heteroatoms. The molecule has 21 heavy (non-hydrogen) atoms. The number of aliphatic hydroxyl groups is 1. The fourth-order valence-electron chi connectivity index (χ4n) is 2.77. The maximum atomic E-state index is 12.3. The number of aliphatic hydroxyl groups excluding tert-OH is 1. The Morgan fingerprint density at radius 3 is 2.76 bits per heavy atom. The SMILES string of the molecule is Cc1cc(OCC(=O)N(CCO)C2CCCC2)ccc1Cl. The molecular weight excluding hydrogens is 290 g/mol. The quantitative estimate of drug-likeness (QED) is 0.879. The number of benzene rings is 1. The third-order valence-electron chi connectivity index (χ3n) is 3.92. The number of hydrogen-bond donors (Lipinski definition) is 1. The number of hydrogen-bond acceptors (Lipinski definition) is 3. The molecule has 1 aliphatic carbocycles. The molecule has 1 saturated carbocycles. The van der Waals surface area contributed by atoms with E-state index in [1.807, 2.05) is 13.0 Å². The molecule has 1 aromatic rings. The van der Waals surface area contributed by atoms with Crippen molar-refractivity contribution in [3.8, 4) is 5.75 Å². The first-order valence-electron chi connectivity index (χ1n) is 7.41. The smallest absolute Gasteiger partial charge is 0.260 e. The van der Waals surface area contributed by atoms with Crippen LogP contribution in [-0.4, -0.2) is 41.7 Å². The molecule has 0 radical (unpaired) electrons. The molecule has 0 aromatic heterocycles. The summed E-state index contributed by atoms with van der Waals surface area (Å²) >= 11 is 5.96. The lowest BCUT2D eigenvalue weighted by atomic mass is 10.2. The summed E-state index contributed by atoms with van der Waals surface area (Å²) in [5.74, 6) is 0.573. The molecule has 1 aromatic carbocycles. The lowest BCUT2D eigenvalue weighted by molar-refractivity contribution is -0.136. The molecule has 0 unspecified atom stereocenters. The second-order valence-corrected chi connectivity index (χ2v) is 5.86. The van der Waals surface area contributed by atoms with Gasteiger partial charge >= 0.3 is 0 Å². The summed E-state index contributed by atoms with van der Waals surface area (Å²) < 4.78 is 5.56. The Labute approximate surface area is 130 Å². The fraction of sp³-hybridized carbons (Fsp3) is 0.562. The van der Waals surface area contributed by atoms with Crippen LogP contribution in [0, 0.1) is 6.92 Å². The zero-order valence-electron chi connectivity index (χ0n) is 12.3. The Balaban J connectivity index is 1.93. The Kier molecular flexibility index (Phi) is 5.88. The van der Waals surface area contributed by atoms with Crippen LogP contribution in [-0.2, 0) is 4.79 Å². The van der Waals surface area contributed by atoms with Crippen LogP contribution in [0.2, 0.25) is 5.02 Å². The van der Waals surface area contributed by atoms with E-state index in [0.29, 0.717) is 17.3 Å². The molecule has 1 aliphatic rings. The Hall–Kier alpha value is -1.26. The van der Waals surface area contributed by atoms with Crippen LogP contribution >= 0.6 is 11.6 Å². The number of rotatable bonds is 6. The van der Waals surface area contributed by atoms with E-state index < -0.39 is 0 Å². The predicted molar refractivity (Wildman–Crippen MR) is 82.7 cm³/mol. The fourth-order valence-corrected chi connectivity index (χ4v) is 2.89. The summed E-state index contributed by atoms with van der Waals surface area (Å²) in [4.78, 5) is 14.1. The van der Waals surface area contributed by atoms with Gasteiger partial charge in [0.05, 0.1) is 6.61 Å². The molecule has 1 amide bonds. The van der Waals surface area contributed by atoms with Crippen molar-refractivity contribution in [1.82, 2.24) is 4.90 Å². The third-order valence-corrected chi connectivity index (χ3v) is 4.34. The normalized spacial score (nSPS) is 15.2. The van der Waals surface area contributed by atoms with E-state index >= 15 is 0 Å². The van der Waals surface area contributed by atoms with Crippen molar-refractivity contribution in [2.45, 2.75) is 38.6 Å². The molecule has 4 nitrogen and oxygen atoms in total. The van der Waals surface area contributed by atoms with Crippen LogP contribution in [0.5, 0.6) is 5.75 Å². The minimum absolute atomic E-state index is 0.00241. The Morgan fingerprint density at radius 2 is 2.14 bits per heavy atom. The highest BCUT2D eigenvalue weighted by Gasteiger charge is 2.26. The van der Waals surface area contributed by atoms with Gasteiger partial charge in [-0.1, -0.05) is 24.4 Å². The average Bonchev–Trinajstić information content (AvgIpc) is 2.99. The van der Waals surface area contributed by atoms with Gasteiger partial charge in [-0.3, -0.25) is 4.79 Å². The van der Waals surface area contributed by atoms with E-state index in [1.165, 1.54) is 0 Å². The van der Waals surface area contributed by atoms with Crippen molar-refractivity contribution in [2.75, 3.05) is 19.8 Å². The molecule has 1 N–H and O–H groups in total. The van der Waals surface area contributed by atoms with Gasteiger partial charge in [-0.25, -0.2) is 0 Å². The summed E-state index contributed by atoms with van der Waals surface area (Å²) in [5.41, 5.74) is 0.921. The van der Waals surface area contributed by atoms with E-state index in [0.717, 1.165) is 31.2 Å². The number of nitrogens with zero attached hydrogens (tertiary/aromatic N) is 1. The van der Waals surface area contributed by atoms with Crippen LogP contribution in [0.1, 0.15) is 31.2 Å². The number of carbonyl (C=O) groups is 1. The van der Waals surface area contributed by atoms with E-state index in [9.17, 15) is 4.79 Å². The third kappa shape index (κ3) is 4.35. The summed E-state index contributed by atoms with van der Waals surface area (Å²) in [5, 5.41) is 9.83. The highest BCUT2D eigenvalue weighted by molar-refractivity contribution is 6.31. The summed E-state index contributed by atoms with van der Waals surface area (Å²) in [6, 6.07) is 5.59. The Morgan fingerprint density at radius 1 is 1.43 bits per heavy atom. The van der Waals surface area contributed by atoms with Gasteiger partial charge in [0.1, 0.15) is 5.75 Å². The van der Waals surface area contributed by atoms with Gasteiger partial charge in [0.15, 0.2) is 6.61 Å². The van der Waals surface area contributed by atoms with Crippen molar-refractivity contribution in [3.63, 3.8) is 0 Å². The summed E-state index contributed by atoms with van der Waals surface area (Å²) in [7, 11) is 0. The van der Waals surface area contributed by atoms with Crippen LogP contribution < -0.4 is 4.74 Å². The lowest BCUT2D eigenvalue weighted by Gasteiger charge is -2.28. The zero-order chi connectivity index (χ0) is 15.2. The van der Waals surface area contributed by atoms with Crippen LogP contribution in [0.4, 0.5) is 0 Å². The molecular formula is C16H22ClNO3. The molecule has 0 spiro atoms. The first kappa shape index (κ1) is 16.1. The molecule has 0 atom stereocenters. The maximum absolute atomic E-state index is 12.3. The zero-order valence-corrected chi connectivity index (χ0v) is 13.1. The van der Waals surface area contributed by atoms with Gasteiger partial charge in [-0.15, -0.1) is 0 Å². The average molecular weight is 312 g/mol. The molecule has 0 aliphatic heterocycles. The van der Waals surface area contributed by atoms with E-state index in [4.69, 9.17) is 21.4 Å². The number of ether oxygens (including phenoxy) is 1. The highest BCUT2D eigenvalue weighted by Crippen LogP contribution is 2.24. The van der Waals surface area contributed by atoms with Crippen LogP contribution in [0.3, 0.4) is 0 Å². The van der Waals surface area contributed by atoms with E-state index in [2.05, 4.69) is 0 Å². The van der Waals surface area contributed by atoms with Gasteiger partial charge in [0.2, 0.25) is 0 Å². The molecule has 0 heterocycles. The van der Waals surface area contributed by atoms with Crippen LogP contribution in [0.15, 0.2) is 18.2 Å². The maximum Gasteiger partial charge on any atom is 0.260 e. The van der Waals surface area contributed by atoms with E-state index in [-0.39, 0.29) is 25.2 Å². The second-order valence-electron chi connectivity index (χ2n) is 5.45. The lowest BCUT2D eigenvalue weighted by Crippen LogP contribution is -2.43. The molecule has 0 bridgehead atoms. The van der Waals surface area contributed by atoms with Crippen molar-refractivity contribution in [2.24, 2.45) is 0 Å². The summed E-state index contributed by atoms with van der Waals surface area (Å²) in [6.45, 7) is 2.26. The van der Waals surface area contributed by atoms with Gasteiger partial charge < -0.3 is 14.7 Å². The van der Waals surface area contributed by atoms with Gasteiger partial charge in [-0.2, -0.15) is 0 Å². The topological polar surface area (TPSA) is 49.8 Å². The van der Waals surface area contributed by atoms with Crippen LogP contribution in [0.25, 0.3) is 0 Å². The number of carbonyl (C=O) groups excluding carboxylic acids is 1. The van der Waals surface area contributed by atoms with Crippen molar-refractivity contribution < 1.29 is 14.6 Å². The molecule has 116 valence electrons. The van der Waals surface area contributed by atoms with Gasteiger partial charge in [-0.05, 0) is 43.5 Å². The number of amides is 1. The standard InChI is InChI=1S/C16H22ClNO3/c1-12-10-14(6-7-15(12)17)21-11-16(20)18(8-9-19)13-4-2-3-5-13/h6-7,10,13,19H,2-5,8-9,11H2,1H3. The highest BCUT2D eigenvalue weighted by atomic mass is 35.5. The van der Waals surface area contributed by atoms with Crippen molar-refractivity contribution in [1.29, 1.82) is 0 Å². The largest absolute Gasteiger partial charge is 0.484 e. The first-order chi connectivity index (χ1) is 10.1. The van der Waals surface area contributed by atoms with Gasteiger partial charge in [0, 0.05) is 17.6 Å². The molecule has 1 fully saturated rings. The monoisotopic (exact) mass is 311 g/mol. The Bertz CT molecular complexity index is 486. The van der Waals surface area contributed by atoms with Crippen molar-refractivity contribution >= 4 is 17.5 Å². The van der Waals surface area contributed by atoms with E-state index in [1.54, 1.807) is 17.0 Å². The number of aryl methyl sites for hydroxylation is 1. The van der Waals surface area contributed by atoms with Crippen molar-refractivity contribution in [3.05, 3.63) is 28.8 Å². The summed E-state index contributed by atoms with van der Waals surface area (Å²) in [6.07, 6.45) is 4.34. The first-order valence-corrected chi connectivity index (χ1v) is 7.79.